The van der Waals surface area contributed by atoms with Crippen LogP contribution in [0.2, 0.25) is 0 Å². The van der Waals surface area contributed by atoms with Crippen LogP contribution >= 0.6 is 0 Å². The zero-order valence-electron chi connectivity index (χ0n) is 18.3. The number of carbonyl (C=O) groups is 2. The van der Waals surface area contributed by atoms with Crippen LogP contribution < -0.4 is 10.0 Å². The molecule has 0 spiro atoms. The Kier molecular flexibility index (Phi) is 11.4. The number of sulfonamides is 1. The van der Waals surface area contributed by atoms with Crippen LogP contribution in [-0.2, 0) is 24.3 Å². The molecule has 7 nitrogen and oxygen atoms in total. The molecule has 30 heavy (non-hydrogen) atoms. The number of rotatable bonds is 13. The van der Waals surface area contributed by atoms with Crippen LogP contribution in [0.1, 0.15) is 58.9 Å². The van der Waals surface area contributed by atoms with Crippen LogP contribution in [0.3, 0.4) is 0 Å². The molecule has 8 heteroatoms. The topological polar surface area (TPSA) is 102 Å². The van der Waals surface area contributed by atoms with Crippen molar-refractivity contribution in [2.45, 2.75) is 58.6 Å². The summed E-state index contributed by atoms with van der Waals surface area (Å²) in [5.74, 6) is -0.156. The van der Waals surface area contributed by atoms with Crippen molar-refractivity contribution in [1.82, 2.24) is 4.72 Å². The van der Waals surface area contributed by atoms with E-state index in [1.807, 2.05) is 13.8 Å². The number of carbonyl (C=O) groups excluding carboxylic acids is 2. The van der Waals surface area contributed by atoms with Crippen LogP contribution in [0.5, 0.6) is 0 Å². The Hall–Kier alpha value is -2.19. The number of benzene rings is 1. The monoisotopic (exact) mass is 438 g/mol. The second kappa shape index (κ2) is 13.2. The summed E-state index contributed by atoms with van der Waals surface area (Å²) in [5.41, 5.74) is 1.49. The lowest BCUT2D eigenvalue weighted by Crippen LogP contribution is -2.31. The van der Waals surface area contributed by atoms with Crippen LogP contribution in [0.25, 0.3) is 6.08 Å². The van der Waals surface area contributed by atoms with Gasteiger partial charge in [-0.3, -0.25) is 4.79 Å². The third-order valence-corrected chi connectivity index (χ3v) is 6.42. The van der Waals surface area contributed by atoms with Crippen molar-refractivity contribution in [3.8, 4) is 0 Å². The summed E-state index contributed by atoms with van der Waals surface area (Å²) in [6.07, 6.45) is 5.52. The summed E-state index contributed by atoms with van der Waals surface area (Å²) < 4.78 is 30.9. The van der Waals surface area contributed by atoms with E-state index in [4.69, 9.17) is 4.74 Å². The fourth-order valence-corrected chi connectivity index (χ4v) is 3.01. The molecule has 1 rings (SSSR count). The largest absolute Gasteiger partial charge is 0.462 e. The lowest BCUT2D eigenvalue weighted by molar-refractivity contribution is -0.138. The lowest BCUT2D eigenvalue weighted by Gasteiger charge is -2.09. The van der Waals surface area contributed by atoms with E-state index in [1.165, 1.54) is 6.08 Å². The smallest absolute Gasteiger partial charge is 0.330 e. The molecule has 0 aromatic heterocycles. The van der Waals surface area contributed by atoms with Gasteiger partial charge in [-0.25, -0.2) is 17.9 Å². The maximum Gasteiger partial charge on any atom is 0.330 e. The lowest BCUT2D eigenvalue weighted by atomic mass is 10.1. The molecular formula is C22H34N2O5S. The highest BCUT2D eigenvalue weighted by Gasteiger charge is 2.14. The summed E-state index contributed by atoms with van der Waals surface area (Å²) in [7, 11) is -3.26. The standard InChI is InChI=1S/C22H34N2O5S/c1-5-18(4)16-29-22(26)14-11-19-9-12-20(13-10-19)24-21(25)8-6-7-15-23-30(27,28)17(2)3/h9-14,17-18,23H,5-8,15-16H2,1-4H3,(H,24,25). The summed E-state index contributed by atoms with van der Waals surface area (Å²) in [6.45, 7) is 8.06. The first-order chi connectivity index (χ1) is 14.1. The molecule has 2 N–H and O–H groups in total. The van der Waals surface area contributed by atoms with E-state index < -0.39 is 15.3 Å². The van der Waals surface area contributed by atoms with Gasteiger partial charge in [0.1, 0.15) is 0 Å². The van der Waals surface area contributed by atoms with Gasteiger partial charge in [-0.1, -0.05) is 32.4 Å². The second-order valence-electron chi connectivity index (χ2n) is 7.59. The molecule has 1 atom stereocenters. The predicted molar refractivity (Wildman–Crippen MR) is 120 cm³/mol. The minimum Gasteiger partial charge on any atom is -0.462 e. The van der Waals surface area contributed by atoms with Crippen LogP contribution in [0.4, 0.5) is 5.69 Å². The molecule has 0 aliphatic carbocycles. The van der Waals surface area contributed by atoms with Crippen molar-refractivity contribution >= 4 is 33.7 Å². The molecule has 0 fully saturated rings. The first-order valence-corrected chi connectivity index (χ1v) is 11.9. The summed E-state index contributed by atoms with van der Waals surface area (Å²) in [5, 5.41) is 2.34. The summed E-state index contributed by atoms with van der Waals surface area (Å²) in [4.78, 5) is 23.7. The number of ether oxygens (including phenoxy) is 1. The number of esters is 1. The summed E-state index contributed by atoms with van der Waals surface area (Å²) in [6, 6.07) is 7.13. The van der Waals surface area contributed by atoms with E-state index in [9.17, 15) is 18.0 Å². The molecule has 0 radical (unpaired) electrons. The molecule has 0 saturated heterocycles. The Morgan fingerprint density at radius 1 is 1.10 bits per heavy atom. The highest BCUT2D eigenvalue weighted by molar-refractivity contribution is 7.90. The Morgan fingerprint density at radius 2 is 1.77 bits per heavy atom. The highest BCUT2D eigenvalue weighted by atomic mass is 32.2. The van der Waals surface area contributed by atoms with Gasteiger partial charge in [0.25, 0.3) is 0 Å². The van der Waals surface area contributed by atoms with E-state index >= 15 is 0 Å². The first-order valence-electron chi connectivity index (χ1n) is 10.4. The minimum atomic E-state index is -3.26. The third kappa shape index (κ3) is 10.5. The fraction of sp³-hybridized carbons (Fsp3) is 0.545. The van der Waals surface area contributed by atoms with Gasteiger partial charge in [0, 0.05) is 24.7 Å². The number of nitrogens with one attached hydrogen (secondary N) is 2. The molecule has 168 valence electrons. The Balaban J connectivity index is 2.34. The number of anilines is 1. The zero-order valence-corrected chi connectivity index (χ0v) is 19.1. The second-order valence-corrected chi connectivity index (χ2v) is 9.91. The van der Waals surface area contributed by atoms with Gasteiger partial charge in [0.2, 0.25) is 15.9 Å². The molecule has 0 saturated carbocycles. The molecule has 0 bridgehead atoms. The van der Waals surface area contributed by atoms with Gasteiger partial charge in [0.05, 0.1) is 11.9 Å². The van der Waals surface area contributed by atoms with E-state index in [0.29, 0.717) is 44.0 Å². The van der Waals surface area contributed by atoms with Crippen molar-refractivity contribution in [2.24, 2.45) is 5.92 Å². The maximum absolute atomic E-state index is 12.0. The van der Waals surface area contributed by atoms with Crippen LogP contribution in [0, 0.1) is 5.92 Å². The maximum atomic E-state index is 12.0. The fourth-order valence-electron chi connectivity index (χ4n) is 2.25. The SMILES string of the molecule is CCC(C)COC(=O)C=Cc1ccc(NC(=O)CCCCNS(=O)(=O)C(C)C)cc1. The van der Waals surface area contributed by atoms with Crippen molar-refractivity contribution in [3.63, 3.8) is 0 Å². The number of unbranched alkanes of at least 4 members (excludes halogenated alkanes) is 1. The molecule has 0 aliphatic rings. The summed E-state index contributed by atoms with van der Waals surface area (Å²) >= 11 is 0. The molecule has 1 unspecified atom stereocenters. The quantitative estimate of drug-likeness (QED) is 0.278. The molecule has 1 amide bonds. The minimum absolute atomic E-state index is 0.126. The van der Waals surface area contributed by atoms with Crippen LogP contribution in [-0.4, -0.2) is 38.7 Å². The Morgan fingerprint density at radius 3 is 2.37 bits per heavy atom. The van der Waals surface area contributed by atoms with Gasteiger partial charge in [0.15, 0.2) is 0 Å². The van der Waals surface area contributed by atoms with Crippen molar-refractivity contribution in [2.75, 3.05) is 18.5 Å². The normalized spacial score (nSPS) is 12.8. The van der Waals surface area contributed by atoms with Crippen molar-refractivity contribution in [3.05, 3.63) is 35.9 Å². The van der Waals surface area contributed by atoms with E-state index in [0.717, 1.165) is 12.0 Å². The molecule has 1 aromatic rings. The van der Waals surface area contributed by atoms with E-state index in [-0.39, 0.29) is 11.9 Å². The molecule has 1 aromatic carbocycles. The van der Waals surface area contributed by atoms with Crippen molar-refractivity contribution < 1.29 is 22.7 Å². The zero-order chi connectivity index (χ0) is 22.6. The number of amides is 1. The molecule has 0 aliphatic heterocycles. The van der Waals surface area contributed by atoms with Gasteiger partial charge >= 0.3 is 5.97 Å². The Bertz CT molecular complexity index is 801. The van der Waals surface area contributed by atoms with Gasteiger partial charge in [-0.05, 0) is 56.4 Å². The first kappa shape index (κ1) is 25.8. The average molecular weight is 439 g/mol. The number of hydrogen-bond acceptors (Lipinski definition) is 5. The van der Waals surface area contributed by atoms with Gasteiger partial charge < -0.3 is 10.1 Å². The van der Waals surface area contributed by atoms with Gasteiger partial charge in [-0.15, -0.1) is 0 Å². The average Bonchev–Trinajstić information content (AvgIpc) is 2.70. The third-order valence-electron chi connectivity index (χ3n) is 4.57. The van der Waals surface area contributed by atoms with Gasteiger partial charge in [-0.2, -0.15) is 0 Å². The number of hydrogen-bond donors (Lipinski definition) is 2. The predicted octanol–water partition coefficient (Wildman–Crippen LogP) is 3.73. The van der Waals surface area contributed by atoms with Crippen LogP contribution in [0.15, 0.2) is 30.3 Å². The van der Waals surface area contributed by atoms with E-state index in [1.54, 1.807) is 44.2 Å². The van der Waals surface area contributed by atoms with Crippen molar-refractivity contribution in [1.29, 1.82) is 0 Å². The molecule has 0 heterocycles. The molecular weight excluding hydrogens is 404 g/mol. The highest BCUT2D eigenvalue weighted by Crippen LogP contribution is 2.12. The van der Waals surface area contributed by atoms with E-state index in [2.05, 4.69) is 10.0 Å². The Labute approximate surface area is 180 Å².